The Morgan fingerprint density at radius 3 is 2.54 bits per heavy atom. The zero-order valence-corrected chi connectivity index (χ0v) is 13.8. The minimum absolute atomic E-state index is 0.0368. The Kier molecular flexibility index (Phi) is 3.01. The van der Waals surface area contributed by atoms with Crippen molar-refractivity contribution in [2.75, 3.05) is 0 Å². The first kappa shape index (κ1) is 14.8. The molecule has 1 atom stereocenters. The predicted molar refractivity (Wildman–Crippen MR) is 92.7 cm³/mol. The molecule has 1 unspecified atom stereocenters. The number of hydrogen-bond donors (Lipinski definition) is 1. The van der Waals surface area contributed by atoms with Gasteiger partial charge in [0.1, 0.15) is 34.3 Å². The van der Waals surface area contributed by atoms with Gasteiger partial charge in [0.25, 0.3) is 0 Å². The molecular formula is C20H18O4. The maximum atomic E-state index is 12.6. The number of phenols is 1. The van der Waals surface area contributed by atoms with E-state index in [-0.39, 0.29) is 28.1 Å². The highest BCUT2D eigenvalue weighted by Gasteiger charge is 2.42. The molecule has 4 nitrogen and oxygen atoms in total. The van der Waals surface area contributed by atoms with Crippen LogP contribution < -0.4 is 10.2 Å². The third kappa shape index (κ3) is 1.96. The van der Waals surface area contributed by atoms with E-state index in [0.29, 0.717) is 22.7 Å². The molecule has 2 aromatic carbocycles. The van der Waals surface area contributed by atoms with Gasteiger partial charge in [0.05, 0.1) is 0 Å². The van der Waals surface area contributed by atoms with Gasteiger partial charge in [-0.1, -0.05) is 44.2 Å². The lowest BCUT2D eigenvalue weighted by molar-refractivity contribution is 0.185. The Labute approximate surface area is 139 Å². The van der Waals surface area contributed by atoms with Crippen molar-refractivity contribution < 1.29 is 14.3 Å². The normalized spacial score (nSPS) is 18.4. The SMILES string of the molecule is CC1Oc2cc3oc(-c4ccccc4)cc(=O)c3c(O)c2C1(C)C. The van der Waals surface area contributed by atoms with E-state index in [4.69, 9.17) is 9.15 Å². The van der Waals surface area contributed by atoms with Crippen LogP contribution in [0.2, 0.25) is 0 Å². The van der Waals surface area contributed by atoms with Gasteiger partial charge in [-0.2, -0.15) is 0 Å². The van der Waals surface area contributed by atoms with E-state index in [2.05, 4.69) is 0 Å². The zero-order chi connectivity index (χ0) is 17.1. The van der Waals surface area contributed by atoms with Crippen molar-refractivity contribution in [3.8, 4) is 22.8 Å². The number of ether oxygens (including phenoxy) is 1. The molecule has 0 aliphatic carbocycles. The van der Waals surface area contributed by atoms with Gasteiger partial charge in [0.2, 0.25) is 0 Å². The Bertz CT molecular complexity index is 1000. The molecule has 1 N–H and O–H groups in total. The summed E-state index contributed by atoms with van der Waals surface area (Å²) in [6.45, 7) is 5.94. The third-order valence-corrected chi connectivity index (χ3v) is 4.98. The average molecular weight is 322 g/mol. The van der Waals surface area contributed by atoms with Crippen LogP contribution >= 0.6 is 0 Å². The van der Waals surface area contributed by atoms with Gasteiger partial charge in [0.15, 0.2) is 5.43 Å². The smallest absolute Gasteiger partial charge is 0.197 e. The van der Waals surface area contributed by atoms with E-state index in [9.17, 15) is 9.90 Å². The van der Waals surface area contributed by atoms with Crippen molar-refractivity contribution in [3.63, 3.8) is 0 Å². The standard InChI is InChI=1S/C20H18O4/c1-11-20(2,3)18-16(23-11)10-15-17(19(18)22)13(21)9-14(24-15)12-7-5-4-6-8-12/h4-11,22H,1-3H3. The van der Waals surface area contributed by atoms with Crippen LogP contribution in [0.3, 0.4) is 0 Å². The molecule has 24 heavy (non-hydrogen) atoms. The Morgan fingerprint density at radius 1 is 1.12 bits per heavy atom. The molecule has 1 aliphatic rings. The fraction of sp³-hybridized carbons (Fsp3) is 0.250. The summed E-state index contributed by atoms with van der Waals surface area (Å²) < 4.78 is 11.8. The van der Waals surface area contributed by atoms with Crippen LogP contribution in [0.1, 0.15) is 26.3 Å². The molecule has 0 amide bonds. The number of benzene rings is 2. The first-order valence-electron chi connectivity index (χ1n) is 7.96. The van der Waals surface area contributed by atoms with Crippen LogP contribution in [-0.2, 0) is 5.41 Å². The topological polar surface area (TPSA) is 59.7 Å². The lowest BCUT2D eigenvalue weighted by Crippen LogP contribution is -2.29. The molecule has 4 heteroatoms. The number of fused-ring (bicyclic) bond motifs is 2. The fourth-order valence-corrected chi connectivity index (χ4v) is 3.28. The molecule has 0 radical (unpaired) electrons. The van der Waals surface area contributed by atoms with E-state index in [0.717, 1.165) is 5.56 Å². The molecule has 3 aromatic rings. The van der Waals surface area contributed by atoms with Crippen LogP contribution in [0.5, 0.6) is 11.5 Å². The van der Waals surface area contributed by atoms with E-state index < -0.39 is 0 Å². The molecule has 122 valence electrons. The molecule has 0 fully saturated rings. The molecule has 1 aliphatic heterocycles. The van der Waals surface area contributed by atoms with Gasteiger partial charge in [-0.05, 0) is 6.92 Å². The molecule has 0 saturated heterocycles. The summed E-state index contributed by atoms with van der Waals surface area (Å²) in [5, 5.41) is 10.9. The van der Waals surface area contributed by atoms with E-state index in [1.54, 1.807) is 6.07 Å². The number of phenolic OH excluding ortho intramolecular Hbond substituents is 1. The van der Waals surface area contributed by atoms with Crippen LogP contribution in [0.25, 0.3) is 22.3 Å². The maximum Gasteiger partial charge on any atom is 0.197 e. The summed E-state index contributed by atoms with van der Waals surface area (Å²) in [6, 6.07) is 12.6. The second-order valence-corrected chi connectivity index (χ2v) is 6.79. The minimum Gasteiger partial charge on any atom is -0.507 e. The van der Waals surface area contributed by atoms with Gasteiger partial charge in [-0.3, -0.25) is 4.79 Å². The van der Waals surface area contributed by atoms with Gasteiger partial charge in [-0.25, -0.2) is 0 Å². The van der Waals surface area contributed by atoms with Crippen molar-refractivity contribution in [3.05, 3.63) is 58.3 Å². The maximum absolute atomic E-state index is 12.6. The van der Waals surface area contributed by atoms with E-state index in [1.165, 1.54) is 6.07 Å². The molecule has 1 aromatic heterocycles. The summed E-state index contributed by atoms with van der Waals surface area (Å²) in [5.74, 6) is 1.01. The fourth-order valence-electron chi connectivity index (χ4n) is 3.28. The Balaban J connectivity index is 2.03. The zero-order valence-electron chi connectivity index (χ0n) is 13.8. The van der Waals surface area contributed by atoms with E-state index in [1.807, 2.05) is 51.1 Å². The first-order chi connectivity index (χ1) is 11.4. The minimum atomic E-state index is -0.377. The van der Waals surface area contributed by atoms with Gasteiger partial charge < -0.3 is 14.3 Å². The van der Waals surface area contributed by atoms with E-state index >= 15 is 0 Å². The quantitative estimate of drug-likeness (QED) is 0.728. The Morgan fingerprint density at radius 2 is 1.83 bits per heavy atom. The summed E-state index contributed by atoms with van der Waals surface area (Å²) in [7, 11) is 0. The summed E-state index contributed by atoms with van der Waals surface area (Å²) in [6.07, 6.45) is -0.0982. The van der Waals surface area contributed by atoms with Crippen molar-refractivity contribution in [1.82, 2.24) is 0 Å². The van der Waals surface area contributed by atoms with Crippen LogP contribution in [0.4, 0.5) is 0 Å². The van der Waals surface area contributed by atoms with Crippen molar-refractivity contribution >= 4 is 11.0 Å². The average Bonchev–Trinajstić information content (AvgIpc) is 2.77. The number of hydrogen-bond acceptors (Lipinski definition) is 4. The van der Waals surface area contributed by atoms with Crippen LogP contribution in [-0.4, -0.2) is 11.2 Å². The molecule has 2 heterocycles. The highest BCUT2D eigenvalue weighted by Crippen LogP contribution is 2.49. The van der Waals surface area contributed by atoms with Crippen molar-refractivity contribution in [2.45, 2.75) is 32.3 Å². The summed E-state index contributed by atoms with van der Waals surface area (Å²) in [4.78, 5) is 12.6. The predicted octanol–water partition coefficient (Wildman–Crippen LogP) is 4.22. The monoisotopic (exact) mass is 322 g/mol. The molecule has 0 spiro atoms. The van der Waals surface area contributed by atoms with Crippen molar-refractivity contribution in [2.24, 2.45) is 0 Å². The van der Waals surface area contributed by atoms with Gasteiger partial charge in [-0.15, -0.1) is 0 Å². The van der Waals surface area contributed by atoms with Gasteiger partial charge >= 0.3 is 0 Å². The van der Waals surface area contributed by atoms with Gasteiger partial charge in [0, 0.05) is 28.7 Å². The molecule has 0 bridgehead atoms. The lowest BCUT2D eigenvalue weighted by atomic mass is 9.80. The van der Waals surface area contributed by atoms with Crippen LogP contribution in [0.15, 0.2) is 51.7 Å². The molecule has 0 saturated carbocycles. The molecule has 4 rings (SSSR count). The second-order valence-electron chi connectivity index (χ2n) is 6.79. The third-order valence-electron chi connectivity index (χ3n) is 4.98. The Hall–Kier alpha value is -2.75. The molecular weight excluding hydrogens is 304 g/mol. The highest BCUT2D eigenvalue weighted by molar-refractivity contribution is 5.89. The second kappa shape index (κ2) is 4.87. The lowest BCUT2D eigenvalue weighted by Gasteiger charge is -2.22. The summed E-state index contributed by atoms with van der Waals surface area (Å²) >= 11 is 0. The summed E-state index contributed by atoms with van der Waals surface area (Å²) in [5.41, 5.74) is 1.18. The van der Waals surface area contributed by atoms with Crippen LogP contribution in [0, 0.1) is 0 Å². The number of rotatable bonds is 1. The number of aromatic hydroxyl groups is 1. The highest BCUT2D eigenvalue weighted by atomic mass is 16.5. The van der Waals surface area contributed by atoms with Crippen molar-refractivity contribution in [1.29, 1.82) is 0 Å². The largest absolute Gasteiger partial charge is 0.507 e. The first-order valence-corrected chi connectivity index (χ1v) is 7.96.